The van der Waals surface area contributed by atoms with E-state index in [1.807, 2.05) is 30.0 Å². The second-order valence-electron chi connectivity index (χ2n) is 6.98. The van der Waals surface area contributed by atoms with Crippen LogP contribution in [0.5, 0.6) is 0 Å². The Balaban J connectivity index is 1.99. The number of amides is 2. The van der Waals surface area contributed by atoms with Gasteiger partial charge in [0.25, 0.3) is 0 Å². The van der Waals surface area contributed by atoms with Crippen LogP contribution in [-0.2, 0) is 9.59 Å². The summed E-state index contributed by atoms with van der Waals surface area (Å²) in [6, 6.07) is 6.01. The summed E-state index contributed by atoms with van der Waals surface area (Å²) < 4.78 is 0. The molecule has 4 heteroatoms. The molecule has 2 rings (SSSR count). The molecule has 0 aromatic heterocycles. The Morgan fingerprint density at radius 1 is 1.26 bits per heavy atom. The Kier molecular flexibility index (Phi) is 5.80. The molecule has 4 nitrogen and oxygen atoms in total. The second kappa shape index (κ2) is 7.62. The first-order valence-corrected chi connectivity index (χ1v) is 8.55. The van der Waals surface area contributed by atoms with Crippen molar-refractivity contribution in [2.45, 2.75) is 52.9 Å². The summed E-state index contributed by atoms with van der Waals surface area (Å²) in [5.74, 6) is 0.719. The van der Waals surface area contributed by atoms with E-state index in [-0.39, 0.29) is 18.2 Å². The third-order valence-corrected chi connectivity index (χ3v) is 4.64. The highest BCUT2D eigenvalue weighted by molar-refractivity contribution is 6.04. The number of aryl methyl sites for hydroxylation is 1. The smallest absolute Gasteiger partial charge is 0.233 e. The van der Waals surface area contributed by atoms with Crippen molar-refractivity contribution in [2.75, 3.05) is 18.4 Å². The van der Waals surface area contributed by atoms with Crippen molar-refractivity contribution >= 4 is 17.5 Å². The molecule has 1 fully saturated rings. The van der Waals surface area contributed by atoms with E-state index in [2.05, 4.69) is 26.1 Å². The maximum absolute atomic E-state index is 12.3. The highest BCUT2D eigenvalue weighted by Gasteiger charge is 2.22. The van der Waals surface area contributed by atoms with Crippen molar-refractivity contribution < 1.29 is 9.59 Å². The summed E-state index contributed by atoms with van der Waals surface area (Å²) in [7, 11) is 0. The largest absolute Gasteiger partial charge is 0.342 e. The van der Waals surface area contributed by atoms with E-state index in [0.717, 1.165) is 42.7 Å². The van der Waals surface area contributed by atoms with Crippen molar-refractivity contribution in [1.29, 1.82) is 0 Å². The lowest BCUT2D eigenvalue weighted by molar-refractivity contribution is -0.135. The molecule has 0 spiro atoms. The van der Waals surface area contributed by atoms with Crippen LogP contribution < -0.4 is 5.32 Å². The molecule has 126 valence electrons. The number of nitrogens with zero attached hydrogens (tertiary/aromatic N) is 1. The quantitative estimate of drug-likeness (QED) is 0.861. The molecule has 1 aromatic rings. The molecule has 1 heterocycles. The van der Waals surface area contributed by atoms with Gasteiger partial charge in [0.15, 0.2) is 0 Å². The average molecular weight is 316 g/mol. The number of anilines is 1. The van der Waals surface area contributed by atoms with Crippen LogP contribution in [0.1, 0.15) is 57.1 Å². The number of carbonyl (C=O) groups is 2. The number of carbonyl (C=O) groups excluding carboxylic acids is 2. The lowest BCUT2D eigenvalue weighted by Gasteiger charge is -2.30. The van der Waals surface area contributed by atoms with E-state index in [1.54, 1.807) is 0 Å². The summed E-state index contributed by atoms with van der Waals surface area (Å²) in [5.41, 5.74) is 2.99. The number of rotatable bonds is 4. The predicted octanol–water partition coefficient (Wildman–Crippen LogP) is 3.71. The molecule has 0 radical (unpaired) electrons. The van der Waals surface area contributed by atoms with Gasteiger partial charge in [-0.15, -0.1) is 0 Å². The molecule has 1 N–H and O–H groups in total. The summed E-state index contributed by atoms with van der Waals surface area (Å²) in [6.07, 6.45) is 1.99. The lowest BCUT2D eigenvalue weighted by atomic mass is 9.98. The van der Waals surface area contributed by atoms with Crippen LogP contribution in [0, 0.1) is 12.8 Å². The molecule has 0 bridgehead atoms. The number of para-hydroxylation sites is 1. The van der Waals surface area contributed by atoms with E-state index >= 15 is 0 Å². The van der Waals surface area contributed by atoms with Gasteiger partial charge < -0.3 is 10.2 Å². The minimum absolute atomic E-state index is 0.0610. The van der Waals surface area contributed by atoms with Crippen LogP contribution in [0.3, 0.4) is 0 Å². The number of nitrogens with one attached hydrogen (secondary N) is 1. The molecule has 0 aliphatic carbocycles. The maximum atomic E-state index is 12.3. The fourth-order valence-electron chi connectivity index (χ4n) is 3.03. The molecule has 0 atom stereocenters. The van der Waals surface area contributed by atoms with E-state index in [0.29, 0.717) is 11.8 Å². The lowest BCUT2D eigenvalue weighted by Crippen LogP contribution is -2.39. The standard InChI is InChI=1S/C19H28N2O2/c1-13(2)16-7-5-6-15(4)19(16)20-17(22)12-18(23)21-10-8-14(3)9-11-21/h5-7,13-14H,8-12H2,1-4H3,(H,20,22). The average Bonchev–Trinajstić information content (AvgIpc) is 2.49. The normalized spacial score (nSPS) is 15.8. The van der Waals surface area contributed by atoms with Crippen LogP contribution in [0.2, 0.25) is 0 Å². The molecule has 1 aliphatic heterocycles. The fraction of sp³-hybridized carbons (Fsp3) is 0.579. The predicted molar refractivity (Wildman–Crippen MR) is 93.5 cm³/mol. The van der Waals surface area contributed by atoms with Gasteiger partial charge in [0, 0.05) is 18.8 Å². The van der Waals surface area contributed by atoms with Gasteiger partial charge in [0.2, 0.25) is 11.8 Å². The van der Waals surface area contributed by atoms with Gasteiger partial charge >= 0.3 is 0 Å². The zero-order valence-electron chi connectivity index (χ0n) is 14.7. The number of hydrogen-bond acceptors (Lipinski definition) is 2. The third-order valence-electron chi connectivity index (χ3n) is 4.64. The Hall–Kier alpha value is -1.84. The van der Waals surface area contributed by atoms with Gasteiger partial charge in [0.05, 0.1) is 0 Å². The minimum Gasteiger partial charge on any atom is -0.342 e. The molecule has 23 heavy (non-hydrogen) atoms. The van der Waals surface area contributed by atoms with Gasteiger partial charge in [-0.2, -0.15) is 0 Å². The molecule has 1 aromatic carbocycles. The summed E-state index contributed by atoms with van der Waals surface area (Å²) in [5, 5.41) is 2.95. The van der Waals surface area contributed by atoms with E-state index < -0.39 is 0 Å². The van der Waals surface area contributed by atoms with Gasteiger partial charge in [-0.25, -0.2) is 0 Å². The van der Waals surface area contributed by atoms with Crippen molar-refractivity contribution in [3.63, 3.8) is 0 Å². The number of likely N-dealkylation sites (tertiary alicyclic amines) is 1. The van der Waals surface area contributed by atoms with Crippen molar-refractivity contribution in [3.8, 4) is 0 Å². The van der Waals surface area contributed by atoms with E-state index in [1.165, 1.54) is 0 Å². The highest BCUT2D eigenvalue weighted by atomic mass is 16.2. The van der Waals surface area contributed by atoms with Crippen molar-refractivity contribution in [3.05, 3.63) is 29.3 Å². The Bertz CT molecular complexity index is 573. The van der Waals surface area contributed by atoms with Gasteiger partial charge in [-0.3, -0.25) is 9.59 Å². The molecule has 1 aliphatic rings. The SMILES string of the molecule is Cc1cccc(C(C)C)c1NC(=O)CC(=O)N1CCC(C)CC1. The topological polar surface area (TPSA) is 49.4 Å². The van der Waals surface area contributed by atoms with Crippen LogP contribution in [-0.4, -0.2) is 29.8 Å². The van der Waals surface area contributed by atoms with Gasteiger partial charge in [0.1, 0.15) is 6.42 Å². The third kappa shape index (κ3) is 4.57. The number of benzene rings is 1. The van der Waals surface area contributed by atoms with E-state index in [4.69, 9.17) is 0 Å². The van der Waals surface area contributed by atoms with Gasteiger partial charge in [-0.1, -0.05) is 39.0 Å². The molecule has 0 unspecified atom stereocenters. The Morgan fingerprint density at radius 2 is 1.91 bits per heavy atom. The molecular formula is C19H28N2O2. The fourth-order valence-corrected chi connectivity index (χ4v) is 3.03. The summed E-state index contributed by atoms with van der Waals surface area (Å²) >= 11 is 0. The number of piperidine rings is 1. The van der Waals surface area contributed by atoms with E-state index in [9.17, 15) is 9.59 Å². The molecular weight excluding hydrogens is 288 g/mol. The van der Waals surface area contributed by atoms with Crippen molar-refractivity contribution in [1.82, 2.24) is 4.90 Å². The second-order valence-corrected chi connectivity index (χ2v) is 6.98. The molecule has 1 saturated heterocycles. The van der Waals surface area contributed by atoms with Crippen molar-refractivity contribution in [2.24, 2.45) is 5.92 Å². The van der Waals surface area contributed by atoms with Crippen LogP contribution in [0.15, 0.2) is 18.2 Å². The number of hydrogen-bond donors (Lipinski definition) is 1. The Morgan fingerprint density at radius 3 is 2.52 bits per heavy atom. The Labute approximate surface area is 139 Å². The molecule has 2 amide bonds. The van der Waals surface area contributed by atoms with Gasteiger partial charge in [-0.05, 0) is 42.7 Å². The zero-order chi connectivity index (χ0) is 17.0. The first-order valence-electron chi connectivity index (χ1n) is 8.55. The summed E-state index contributed by atoms with van der Waals surface area (Å²) in [4.78, 5) is 26.4. The van der Waals surface area contributed by atoms with Crippen LogP contribution >= 0.6 is 0 Å². The first-order chi connectivity index (χ1) is 10.9. The highest BCUT2D eigenvalue weighted by Crippen LogP contribution is 2.27. The minimum atomic E-state index is -0.218. The maximum Gasteiger partial charge on any atom is 0.233 e. The first kappa shape index (κ1) is 17.5. The zero-order valence-corrected chi connectivity index (χ0v) is 14.7. The summed E-state index contributed by atoms with van der Waals surface area (Å²) in [6.45, 7) is 9.94. The van der Waals surface area contributed by atoms with Crippen LogP contribution in [0.25, 0.3) is 0 Å². The van der Waals surface area contributed by atoms with Crippen LogP contribution in [0.4, 0.5) is 5.69 Å². The monoisotopic (exact) mass is 316 g/mol. The molecule has 0 saturated carbocycles.